The first-order valence-corrected chi connectivity index (χ1v) is 6.64. The number of likely N-dealkylation sites (N-methyl/N-ethyl adjacent to an activating group) is 1. The number of nitrogens with one attached hydrogen (secondary N) is 2. The summed E-state index contributed by atoms with van der Waals surface area (Å²) < 4.78 is 0. The van der Waals surface area contributed by atoms with Crippen LogP contribution in [0.5, 0.6) is 0 Å². The first kappa shape index (κ1) is 13.0. The number of aryl methyl sites for hydroxylation is 1. The summed E-state index contributed by atoms with van der Waals surface area (Å²) in [5, 5.41) is 6.15. The van der Waals surface area contributed by atoms with Gasteiger partial charge in [0.1, 0.15) is 0 Å². The fourth-order valence-corrected chi connectivity index (χ4v) is 2.68. The highest BCUT2D eigenvalue weighted by atomic mass is 16.2. The molecule has 1 aliphatic heterocycles. The molecule has 1 aromatic rings. The summed E-state index contributed by atoms with van der Waals surface area (Å²) in [6.45, 7) is 0.941. The molecule has 1 amide bonds. The Labute approximate surface area is 108 Å². The molecule has 2 rings (SSSR count). The number of carbonyl (C=O) groups is 1. The number of carbonyl (C=O) groups excluding carboxylic acids is 1. The number of amides is 1. The summed E-state index contributed by atoms with van der Waals surface area (Å²) in [6, 6.07) is 5.97. The SMILES string of the molecule is CNC(=O)C1(CCCc2ccccn2)CCCN1. The van der Waals surface area contributed by atoms with E-state index in [4.69, 9.17) is 0 Å². The van der Waals surface area contributed by atoms with Gasteiger partial charge in [0, 0.05) is 18.9 Å². The van der Waals surface area contributed by atoms with Crippen LogP contribution in [0.4, 0.5) is 0 Å². The van der Waals surface area contributed by atoms with E-state index in [1.807, 2.05) is 24.4 Å². The summed E-state index contributed by atoms with van der Waals surface area (Å²) >= 11 is 0. The van der Waals surface area contributed by atoms with Crippen LogP contribution in [0.2, 0.25) is 0 Å². The molecule has 2 heterocycles. The van der Waals surface area contributed by atoms with Gasteiger partial charge in [-0.05, 0) is 50.8 Å². The van der Waals surface area contributed by atoms with Gasteiger partial charge in [-0.1, -0.05) is 6.07 Å². The molecule has 1 aliphatic rings. The van der Waals surface area contributed by atoms with Crippen molar-refractivity contribution in [3.8, 4) is 0 Å². The van der Waals surface area contributed by atoms with Crippen molar-refractivity contribution < 1.29 is 4.79 Å². The van der Waals surface area contributed by atoms with E-state index in [1.165, 1.54) is 0 Å². The van der Waals surface area contributed by atoms with Gasteiger partial charge in [-0.3, -0.25) is 9.78 Å². The third kappa shape index (κ3) is 2.88. The van der Waals surface area contributed by atoms with E-state index < -0.39 is 0 Å². The van der Waals surface area contributed by atoms with Crippen molar-refractivity contribution in [1.29, 1.82) is 0 Å². The van der Waals surface area contributed by atoms with E-state index in [0.29, 0.717) is 0 Å². The molecule has 98 valence electrons. The van der Waals surface area contributed by atoms with E-state index in [0.717, 1.165) is 44.3 Å². The van der Waals surface area contributed by atoms with Gasteiger partial charge < -0.3 is 10.6 Å². The predicted molar refractivity (Wildman–Crippen MR) is 71.2 cm³/mol. The Morgan fingerprint density at radius 2 is 2.44 bits per heavy atom. The van der Waals surface area contributed by atoms with Crippen LogP contribution < -0.4 is 10.6 Å². The summed E-state index contributed by atoms with van der Waals surface area (Å²) in [5.74, 6) is 0.126. The van der Waals surface area contributed by atoms with Crippen LogP contribution in [0.3, 0.4) is 0 Å². The van der Waals surface area contributed by atoms with Crippen molar-refractivity contribution in [2.24, 2.45) is 0 Å². The minimum atomic E-state index is -0.344. The number of aromatic nitrogens is 1. The molecule has 2 N–H and O–H groups in total. The standard InChI is InChI=1S/C14H21N3O/c1-15-13(18)14(9-5-11-17-14)8-4-7-12-6-2-3-10-16-12/h2-3,6,10,17H,4-5,7-9,11H2,1H3,(H,15,18). The molecule has 0 spiro atoms. The van der Waals surface area contributed by atoms with Gasteiger partial charge in [0.15, 0.2) is 0 Å². The number of pyridine rings is 1. The van der Waals surface area contributed by atoms with Gasteiger partial charge in [-0.15, -0.1) is 0 Å². The van der Waals surface area contributed by atoms with Gasteiger partial charge in [0.05, 0.1) is 5.54 Å². The quantitative estimate of drug-likeness (QED) is 0.824. The Morgan fingerprint density at radius 1 is 1.56 bits per heavy atom. The van der Waals surface area contributed by atoms with Crippen LogP contribution >= 0.6 is 0 Å². The van der Waals surface area contributed by atoms with Crippen molar-refractivity contribution in [2.75, 3.05) is 13.6 Å². The molecule has 1 fully saturated rings. The van der Waals surface area contributed by atoms with Crippen molar-refractivity contribution in [1.82, 2.24) is 15.6 Å². The highest BCUT2D eigenvalue weighted by molar-refractivity contribution is 5.86. The molecule has 1 saturated heterocycles. The zero-order chi connectivity index (χ0) is 12.8. The molecular formula is C14H21N3O. The molecule has 1 atom stereocenters. The molecule has 0 bridgehead atoms. The Hall–Kier alpha value is -1.42. The lowest BCUT2D eigenvalue weighted by Gasteiger charge is -2.27. The third-order valence-electron chi connectivity index (χ3n) is 3.67. The molecule has 0 saturated carbocycles. The lowest BCUT2D eigenvalue weighted by molar-refractivity contribution is -0.126. The van der Waals surface area contributed by atoms with Crippen molar-refractivity contribution >= 4 is 5.91 Å². The topological polar surface area (TPSA) is 54.0 Å². The van der Waals surface area contributed by atoms with E-state index in [9.17, 15) is 4.79 Å². The van der Waals surface area contributed by atoms with Gasteiger partial charge in [0.25, 0.3) is 0 Å². The average Bonchev–Trinajstić information content (AvgIpc) is 2.89. The average molecular weight is 247 g/mol. The van der Waals surface area contributed by atoms with Crippen LogP contribution in [0.25, 0.3) is 0 Å². The Kier molecular flexibility index (Phi) is 4.31. The zero-order valence-electron chi connectivity index (χ0n) is 10.9. The van der Waals surface area contributed by atoms with Crippen LogP contribution in [-0.2, 0) is 11.2 Å². The lowest BCUT2D eigenvalue weighted by Crippen LogP contribution is -2.52. The number of rotatable bonds is 5. The fraction of sp³-hybridized carbons (Fsp3) is 0.571. The molecule has 0 radical (unpaired) electrons. The Bertz CT molecular complexity index is 385. The minimum Gasteiger partial charge on any atom is -0.358 e. The molecular weight excluding hydrogens is 226 g/mol. The van der Waals surface area contributed by atoms with Crippen molar-refractivity contribution in [3.63, 3.8) is 0 Å². The second kappa shape index (κ2) is 5.96. The molecule has 0 aromatic carbocycles. The van der Waals surface area contributed by atoms with E-state index in [-0.39, 0.29) is 11.4 Å². The van der Waals surface area contributed by atoms with Gasteiger partial charge in [-0.2, -0.15) is 0 Å². The monoisotopic (exact) mass is 247 g/mol. The molecule has 4 nitrogen and oxygen atoms in total. The summed E-state index contributed by atoms with van der Waals surface area (Å²) in [5.41, 5.74) is 0.756. The lowest BCUT2D eigenvalue weighted by atomic mass is 9.89. The van der Waals surface area contributed by atoms with Crippen molar-refractivity contribution in [2.45, 2.75) is 37.6 Å². The first-order chi connectivity index (χ1) is 8.77. The summed E-state index contributed by atoms with van der Waals surface area (Å²) in [7, 11) is 1.71. The van der Waals surface area contributed by atoms with Crippen LogP contribution in [0.15, 0.2) is 24.4 Å². The van der Waals surface area contributed by atoms with Crippen molar-refractivity contribution in [3.05, 3.63) is 30.1 Å². The maximum absolute atomic E-state index is 12.0. The predicted octanol–water partition coefficient (Wildman–Crippen LogP) is 1.27. The largest absolute Gasteiger partial charge is 0.358 e. The summed E-state index contributed by atoms with van der Waals surface area (Å²) in [4.78, 5) is 16.3. The Balaban J connectivity index is 1.89. The maximum Gasteiger partial charge on any atom is 0.240 e. The fourth-order valence-electron chi connectivity index (χ4n) is 2.68. The zero-order valence-corrected chi connectivity index (χ0v) is 10.9. The van der Waals surface area contributed by atoms with Gasteiger partial charge in [-0.25, -0.2) is 0 Å². The minimum absolute atomic E-state index is 0.126. The van der Waals surface area contributed by atoms with E-state index in [2.05, 4.69) is 15.6 Å². The van der Waals surface area contributed by atoms with Crippen LogP contribution in [0, 0.1) is 0 Å². The molecule has 0 aliphatic carbocycles. The number of hydrogen-bond donors (Lipinski definition) is 2. The smallest absolute Gasteiger partial charge is 0.240 e. The highest BCUT2D eigenvalue weighted by Crippen LogP contribution is 2.25. The van der Waals surface area contributed by atoms with Gasteiger partial charge in [0.2, 0.25) is 5.91 Å². The molecule has 1 aromatic heterocycles. The van der Waals surface area contributed by atoms with E-state index >= 15 is 0 Å². The normalized spacial score (nSPS) is 22.9. The second-order valence-electron chi connectivity index (χ2n) is 4.87. The van der Waals surface area contributed by atoms with Crippen LogP contribution in [-0.4, -0.2) is 30.0 Å². The molecule has 1 unspecified atom stereocenters. The van der Waals surface area contributed by atoms with Gasteiger partial charge >= 0.3 is 0 Å². The first-order valence-electron chi connectivity index (χ1n) is 6.64. The maximum atomic E-state index is 12.0. The number of nitrogens with zero attached hydrogens (tertiary/aromatic N) is 1. The van der Waals surface area contributed by atoms with E-state index in [1.54, 1.807) is 7.05 Å². The summed E-state index contributed by atoms with van der Waals surface area (Å²) in [6.07, 6.45) is 6.63. The number of hydrogen-bond acceptors (Lipinski definition) is 3. The Morgan fingerprint density at radius 3 is 3.06 bits per heavy atom. The second-order valence-corrected chi connectivity index (χ2v) is 4.87. The molecule has 4 heteroatoms. The van der Waals surface area contributed by atoms with Crippen LogP contribution in [0.1, 0.15) is 31.4 Å². The molecule has 18 heavy (non-hydrogen) atoms. The third-order valence-corrected chi connectivity index (χ3v) is 3.67. The highest BCUT2D eigenvalue weighted by Gasteiger charge is 2.39.